The molecule has 0 fully saturated rings. The first-order valence-corrected chi connectivity index (χ1v) is 6.60. The normalized spacial score (nSPS) is 10.6. The maximum Gasteiger partial charge on any atom is 0.315 e. The molecule has 0 unspecified atom stereocenters. The number of rotatable bonds is 6. The standard InChI is InChI=1S/C15H15N3O4/c1-2-22-14-9-11(8-13(15(14)19)18(20)21)10-16-17-12-6-4-3-5-7-12/h3-10,17,19H,2H2,1H3/b16-10+. The molecule has 2 rings (SSSR count). The number of nitrogens with zero attached hydrogens (tertiary/aromatic N) is 2. The third-order valence-corrected chi connectivity index (χ3v) is 2.75. The highest BCUT2D eigenvalue weighted by Crippen LogP contribution is 2.36. The maximum atomic E-state index is 11.0. The fourth-order valence-corrected chi connectivity index (χ4v) is 1.79. The van der Waals surface area contributed by atoms with Gasteiger partial charge in [-0.3, -0.25) is 15.5 Å². The largest absolute Gasteiger partial charge is 0.500 e. The van der Waals surface area contributed by atoms with E-state index in [1.807, 2.05) is 30.3 Å². The number of benzene rings is 2. The molecule has 0 bridgehead atoms. The van der Waals surface area contributed by atoms with Crippen LogP contribution < -0.4 is 10.2 Å². The van der Waals surface area contributed by atoms with Crippen LogP contribution in [0, 0.1) is 10.1 Å². The van der Waals surface area contributed by atoms with Crippen molar-refractivity contribution in [3.63, 3.8) is 0 Å². The lowest BCUT2D eigenvalue weighted by Gasteiger charge is -2.07. The Morgan fingerprint density at radius 3 is 2.73 bits per heavy atom. The second kappa shape index (κ2) is 7.07. The number of para-hydroxylation sites is 1. The predicted octanol–water partition coefficient (Wildman–Crippen LogP) is 3.15. The van der Waals surface area contributed by atoms with Crippen molar-refractivity contribution in [3.8, 4) is 11.5 Å². The molecule has 7 heteroatoms. The molecule has 2 aromatic carbocycles. The highest BCUT2D eigenvalue weighted by molar-refractivity contribution is 5.83. The Labute approximate surface area is 127 Å². The molecule has 0 saturated carbocycles. The molecule has 0 aliphatic heterocycles. The molecular weight excluding hydrogens is 286 g/mol. The highest BCUT2D eigenvalue weighted by atomic mass is 16.6. The van der Waals surface area contributed by atoms with Crippen molar-refractivity contribution in [1.82, 2.24) is 0 Å². The van der Waals surface area contributed by atoms with Gasteiger partial charge in [0, 0.05) is 11.6 Å². The number of hydrogen-bond donors (Lipinski definition) is 2. The number of nitro benzene ring substituents is 1. The van der Waals surface area contributed by atoms with Crippen LogP contribution >= 0.6 is 0 Å². The summed E-state index contributed by atoms with van der Waals surface area (Å²) in [5.74, 6) is -0.433. The average molecular weight is 301 g/mol. The molecule has 0 aliphatic carbocycles. The van der Waals surface area contributed by atoms with Crippen molar-refractivity contribution in [2.24, 2.45) is 5.10 Å². The first-order valence-electron chi connectivity index (χ1n) is 6.60. The van der Waals surface area contributed by atoms with E-state index in [0.717, 1.165) is 5.69 Å². The number of nitro groups is 1. The molecule has 0 spiro atoms. The maximum absolute atomic E-state index is 11.0. The van der Waals surface area contributed by atoms with Crippen LogP contribution in [0.15, 0.2) is 47.6 Å². The monoisotopic (exact) mass is 301 g/mol. The molecule has 7 nitrogen and oxygen atoms in total. The number of anilines is 1. The van der Waals surface area contributed by atoms with Crippen LogP contribution in [0.2, 0.25) is 0 Å². The molecule has 114 valence electrons. The molecule has 0 aliphatic rings. The van der Waals surface area contributed by atoms with Gasteiger partial charge in [0.25, 0.3) is 0 Å². The summed E-state index contributed by atoms with van der Waals surface area (Å²) >= 11 is 0. The lowest BCUT2D eigenvalue weighted by Crippen LogP contribution is -1.98. The van der Waals surface area contributed by atoms with E-state index >= 15 is 0 Å². The van der Waals surface area contributed by atoms with Gasteiger partial charge in [-0.05, 0) is 25.1 Å². The minimum Gasteiger partial charge on any atom is -0.500 e. The molecule has 0 radical (unpaired) electrons. The molecule has 0 saturated heterocycles. The topological polar surface area (TPSA) is 97.0 Å². The van der Waals surface area contributed by atoms with Gasteiger partial charge in [0.15, 0.2) is 5.75 Å². The SMILES string of the molecule is CCOc1cc(/C=N/Nc2ccccc2)cc([N+](=O)[O-])c1O. The number of ether oxygens (including phenoxy) is 1. The summed E-state index contributed by atoms with van der Waals surface area (Å²) in [6, 6.07) is 12.0. The quantitative estimate of drug-likeness (QED) is 0.485. The predicted molar refractivity (Wildman–Crippen MR) is 83.6 cm³/mol. The van der Waals surface area contributed by atoms with E-state index in [9.17, 15) is 15.2 Å². The van der Waals surface area contributed by atoms with Crippen LogP contribution in [-0.2, 0) is 0 Å². The Kier molecular flexibility index (Phi) is 4.92. The summed E-state index contributed by atoms with van der Waals surface area (Å²) in [6.45, 7) is 2.01. The van der Waals surface area contributed by atoms with Crippen LogP contribution in [0.25, 0.3) is 0 Å². The summed E-state index contributed by atoms with van der Waals surface area (Å²) in [4.78, 5) is 10.3. The van der Waals surface area contributed by atoms with E-state index in [4.69, 9.17) is 4.74 Å². The second-order valence-electron chi connectivity index (χ2n) is 4.31. The Morgan fingerprint density at radius 2 is 2.09 bits per heavy atom. The van der Waals surface area contributed by atoms with Crippen molar-refractivity contribution in [1.29, 1.82) is 0 Å². The van der Waals surface area contributed by atoms with Crippen LogP contribution in [0.5, 0.6) is 11.5 Å². The third-order valence-electron chi connectivity index (χ3n) is 2.75. The van der Waals surface area contributed by atoms with Gasteiger partial charge in [-0.25, -0.2) is 0 Å². The molecule has 0 heterocycles. The molecular formula is C15H15N3O4. The minimum absolute atomic E-state index is 0.0536. The number of aromatic hydroxyl groups is 1. The van der Waals surface area contributed by atoms with Gasteiger partial charge < -0.3 is 9.84 Å². The number of phenols is 1. The van der Waals surface area contributed by atoms with Gasteiger partial charge in [0.1, 0.15) is 0 Å². The number of hydrogen-bond acceptors (Lipinski definition) is 6. The van der Waals surface area contributed by atoms with Crippen LogP contribution in [0.4, 0.5) is 11.4 Å². The average Bonchev–Trinajstić information content (AvgIpc) is 2.51. The van der Waals surface area contributed by atoms with Gasteiger partial charge in [0.2, 0.25) is 5.75 Å². The molecule has 0 aromatic heterocycles. The van der Waals surface area contributed by atoms with Crippen molar-refractivity contribution >= 4 is 17.6 Å². The zero-order valence-corrected chi connectivity index (χ0v) is 11.9. The fraction of sp³-hybridized carbons (Fsp3) is 0.133. The van der Waals surface area contributed by atoms with E-state index in [0.29, 0.717) is 5.56 Å². The van der Waals surface area contributed by atoms with Crippen LogP contribution in [0.1, 0.15) is 12.5 Å². The van der Waals surface area contributed by atoms with Crippen molar-refractivity contribution in [2.75, 3.05) is 12.0 Å². The molecule has 2 N–H and O–H groups in total. The lowest BCUT2D eigenvalue weighted by molar-refractivity contribution is -0.386. The van der Waals surface area contributed by atoms with E-state index in [2.05, 4.69) is 10.5 Å². The van der Waals surface area contributed by atoms with Crippen LogP contribution in [0.3, 0.4) is 0 Å². The van der Waals surface area contributed by atoms with Gasteiger partial charge >= 0.3 is 5.69 Å². The Bertz CT molecular complexity index is 687. The van der Waals surface area contributed by atoms with Gasteiger partial charge in [-0.1, -0.05) is 18.2 Å². The second-order valence-corrected chi connectivity index (χ2v) is 4.31. The van der Waals surface area contributed by atoms with Crippen LogP contribution in [-0.4, -0.2) is 22.9 Å². The van der Waals surface area contributed by atoms with E-state index in [-0.39, 0.29) is 12.4 Å². The fourth-order valence-electron chi connectivity index (χ4n) is 1.79. The first kappa shape index (κ1) is 15.3. The zero-order valence-electron chi connectivity index (χ0n) is 11.9. The Hall–Kier alpha value is -3.09. The zero-order chi connectivity index (χ0) is 15.9. The summed E-state index contributed by atoms with van der Waals surface area (Å²) in [7, 11) is 0. The third kappa shape index (κ3) is 3.72. The van der Waals surface area contributed by atoms with Crippen molar-refractivity contribution in [2.45, 2.75) is 6.92 Å². The highest BCUT2D eigenvalue weighted by Gasteiger charge is 2.19. The van der Waals surface area contributed by atoms with Crippen molar-refractivity contribution < 1.29 is 14.8 Å². The van der Waals surface area contributed by atoms with Gasteiger partial charge in [-0.2, -0.15) is 5.10 Å². The van der Waals surface area contributed by atoms with Crippen molar-refractivity contribution in [3.05, 3.63) is 58.1 Å². The van der Waals surface area contributed by atoms with Gasteiger partial charge in [-0.15, -0.1) is 0 Å². The lowest BCUT2D eigenvalue weighted by atomic mass is 10.2. The minimum atomic E-state index is -0.667. The van der Waals surface area contributed by atoms with E-state index in [1.54, 1.807) is 6.92 Å². The number of hydrazone groups is 1. The Balaban J connectivity index is 2.24. The smallest absolute Gasteiger partial charge is 0.315 e. The molecule has 2 aromatic rings. The summed E-state index contributed by atoms with van der Waals surface area (Å²) in [5, 5.41) is 24.8. The molecule has 22 heavy (non-hydrogen) atoms. The number of phenolic OH excluding ortho intramolecular Hbond substituents is 1. The first-order chi connectivity index (χ1) is 10.6. The summed E-state index contributed by atoms with van der Waals surface area (Å²) in [5.41, 5.74) is 3.61. The molecule has 0 amide bonds. The molecule has 0 atom stereocenters. The number of nitrogens with one attached hydrogen (secondary N) is 1. The summed E-state index contributed by atoms with van der Waals surface area (Å²) < 4.78 is 5.20. The van der Waals surface area contributed by atoms with E-state index in [1.165, 1.54) is 18.3 Å². The summed E-state index contributed by atoms with van der Waals surface area (Å²) in [6.07, 6.45) is 1.42. The Morgan fingerprint density at radius 1 is 1.36 bits per heavy atom. The van der Waals surface area contributed by atoms with Gasteiger partial charge in [0.05, 0.1) is 23.4 Å². The van der Waals surface area contributed by atoms with E-state index < -0.39 is 16.4 Å².